The van der Waals surface area contributed by atoms with Gasteiger partial charge in [-0.2, -0.15) is 0 Å². The van der Waals surface area contributed by atoms with Crippen LogP contribution in [-0.4, -0.2) is 55.1 Å². The highest BCUT2D eigenvalue weighted by atomic mass is 16.5. The van der Waals surface area contributed by atoms with Crippen LogP contribution in [0, 0.1) is 6.92 Å². The number of aromatic nitrogens is 1. The molecule has 0 bridgehead atoms. The van der Waals surface area contributed by atoms with Gasteiger partial charge in [0.05, 0.1) is 11.2 Å². The lowest BCUT2D eigenvalue weighted by Gasteiger charge is -2.36. The first-order valence-electron chi connectivity index (χ1n) is 11.1. The number of anilines is 2. The molecule has 0 aliphatic carbocycles. The molecule has 0 saturated carbocycles. The van der Waals surface area contributed by atoms with Crippen molar-refractivity contribution in [2.75, 3.05) is 49.5 Å². The summed E-state index contributed by atoms with van der Waals surface area (Å²) in [4.78, 5) is 21.2. The van der Waals surface area contributed by atoms with Gasteiger partial charge in [0, 0.05) is 49.5 Å². The normalized spacial score (nSPS) is 17.1. The molecule has 0 unspecified atom stereocenters. The Morgan fingerprint density at radius 3 is 2.81 bits per heavy atom. The molecule has 6 nitrogen and oxygen atoms in total. The first-order valence-corrected chi connectivity index (χ1v) is 11.1. The van der Waals surface area contributed by atoms with Gasteiger partial charge in [-0.25, -0.2) is 0 Å². The first-order chi connectivity index (χ1) is 15.6. The summed E-state index contributed by atoms with van der Waals surface area (Å²) in [6.45, 7) is 9.20. The maximum absolute atomic E-state index is 11.6. The number of pyridine rings is 1. The number of piperazine rings is 1. The molecule has 0 spiro atoms. The molecule has 5 rings (SSSR count). The number of ether oxygens (including phenoxy) is 1. The van der Waals surface area contributed by atoms with Crippen LogP contribution in [0.1, 0.15) is 18.2 Å². The highest BCUT2D eigenvalue weighted by Gasteiger charge is 2.19. The molecule has 0 atom stereocenters. The van der Waals surface area contributed by atoms with Crippen molar-refractivity contribution in [3.8, 4) is 5.75 Å². The van der Waals surface area contributed by atoms with E-state index in [9.17, 15) is 4.79 Å². The third-order valence-corrected chi connectivity index (χ3v) is 6.28. The van der Waals surface area contributed by atoms with Crippen LogP contribution in [0.3, 0.4) is 0 Å². The quantitative estimate of drug-likeness (QED) is 0.678. The molecule has 2 aliphatic rings. The zero-order chi connectivity index (χ0) is 22.1. The molecule has 1 saturated heterocycles. The molecule has 2 aromatic carbocycles. The van der Waals surface area contributed by atoms with Gasteiger partial charge < -0.3 is 15.0 Å². The average molecular weight is 429 g/mol. The minimum Gasteiger partial charge on any atom is -0.482 e. The summed E-state index contributed by atoms with van der Waals surface area (Å²) in [6, 6.07) is 16.7. The van der Waals surface area contributed by atoms with E-state index >= 15 is 0 Å². The zero-order valence-corrected chi connectivity index (χ0v) is 18.6. The Morgan fingerprint density at radius 2 is 1.97 bits per heavy atom. The van der Waals surface area contributed by atoms with Crippen molar-refractivity contribution < 1.29 is 9.53 Å². The van der Waals surface area contributed by atoms with Crippen LogP contribution in [0.15, 0.2) is 54.6 Å². The summed E-state index contributed by atoms with van der Waals surface area (Å²) in [5.41, 5.74) is 6.45. The summed E-state index contributed by atoms with van der Waals surface area (Å²) in [5, 5.41) is 4.11. The van der Waals surface area contributed by atoms with Gasteiger partial charge in [-0.3, -0.25) is 14.7 Å². The summed E-state index contributed by atoms with van der Waals surface area (Å²) < 4.78 is 5.46. The van der Waals surface area contributed by atoms with E-state index in [1.54, 1.807) is 0 Å². The van der Waals surface area contributed by atoms with E-state index in [4.69, 9.17) is 4.74 Å². The summed E-state index contributed by atoms with van der Waals surface area (Å²) in [7, 11) is 0. The maximum Gasteiger partial charge on any atom is 0.262 e. The minimum absolute atomic E-state index is 0.0854. The molecule has 1 N–H and O–H groups in total. The molecule has 2 aliphatic heterocycles. The molecule has 1 amide bonds. The van der Waals surface area contributed by atoms with Gasteiger partial charge >= 0.3 is 0 Å². The molecule has 164 valence electrons. The predicted octanol–water partition coefficient (Wildman–Crippen LogP) is 4.10. The lowest BCUT2D eigenvalue weighted by atomic mass is 10.1. The summed E-state index contributed by atoms with van der Waals surface area (Å²) in [5.74, 6) is 0.627. The van der Waals surface area contributed by atoms with Crippen molar-refractivity contribution in [1.82, 2.24) is 9.88 Å². The van der Waals surface area contributed by atoms with Crippen molar-refractivity contribution in [3.63, 3.8) is 0 Å². The number of aryl methyl sites for hydroxylation is 1. The van der Waals surface area contributed by atoms with Crippen molar-refractivity contribution in [3.05, 3.63) is 65.9 Å². The Labute approximate surface area is 188 Å². The number of fused-ring (bicyclic) bond motifs is 2. The van der Waals surface area contributed by atoms with Crippen molar-refractivity contribution >= 4 is 33.8 Å². The van der Waals surface area contributed by atoms with Crippen molar-refractivity contribution in [2.45, 2.75) is 13.8 Å². The van der Waals surface area contributed by atoms with E-state index in [1.807, 2.05) is 19.1 Å². The minimum atomic E-state index is -0.105. The number of carbonyl (C=O) groups excluding carboxylic acids is 1. The highest BCUT2D eigenvalue weighted by molar-refractivity contribution is 5.96. The van der Waals surface area contributed by atoms with Crippen molar-refractivity contribution in [2.24, 2.45) is 0 Å². The molecular weight excluding hydrogens is 400 g/mol. The molecule has 0 radical (unpaired) electrons. The standard InChI is InChI=1S/C26H28N4O2/c1-18(20-7-9-25-23(16-20)28-26(31)17-32-25)10-11-29-12-14-30(15-13-29)24-5-3-4-22-21(24)8-6-19(2)27-22/h3-10,16H,11-15,17H2,1-2H3,(H,28,31)/b18-10+. The number of nitrogens with zero attached hydrogens (tertiary/aromatic N) is 3. The maximum atomic E-state index is 11.6. The number of carbonyl (C=O) groups is 1. The van der Waals surface area contributed by atoms with E-state index in [0.717, 1.165) is 60.9 Å². The second kappa shape index (κ2) is 8.63. The fourth-order valence-corrected chi connectivity index (χ4v) is 4.40. The van der Waals surface area contributed by atoms with Crippen LogP contribution >= 0.6 is 0 Å². The Hall–Kier alpha value is -3.38. The van der Waals surface area contributed by atoms with Gasteiger partial charge in [0.15, 0.2) is 6.61 Å². The first kappa shape index (κ1) is 20.5. The van der Waals surface area contributed by atoms with Gasteiger partial charge in [-0.05, 0) is 61.4 Å². The van der Waals surface area contributed by atoms with Crippen LogP contribution in [0.4, 0.5) is 11.4 Å². The lowest BCUT2D eigenvalue weighted by Crippen LogP contribution is -2.46. The van der Waals surface area contributed by atoms with Gasteiger partial charge in [-0.1, -0.05) is 18.2 Å². The second-order valence-corrected chi connectivity index (χ2v) is 8.52. The Bertz CT molecular complexity index is 1200. The van der Waals surface area contributed by atoms with Gasteiger partial charge in [0.1, 0.15) is 5.75 Å². The van der Waals surface area contributed by atoms with Crippen LogP contribution in [0.2, 0.25) is 0 Å². The molecule has 1 aromatic heterocycles. The Kier molecular flexibility index (Phi) is 5.53. The average Bonchev–Trinajstić information content (AvgIpc) is 2.81. The fraction of sp³-hybridized carbons (Fsp3) is 0.308. The highest BCUT2D eigenvalue weighted by Crippen LogP contribution is 2.31. The van der Waals surface area contributed by atoms with Crippen LogP contribution in [0.5, 0.6) is 5.75 Å². The predicted molar refractivity (Wildman–Crippen MR) is 129 cm³/mol. The van der Waals surface area contributed by atoms with Gasteiger partial charge in [-0.15, -0.1) is 0 Å². The summed E-state index contributed by atoms with van der Waals surface area (Å²) >= 11 is 0. The van der Waals surface area contributed by atoms with E-state index in [0.29, 0.717) is 0 Å². The molecular formula is C26H28N4O2. The van der Waals surface area contributed by atoms with E-state index in [-0.39, 0.29) is 12.5 Å². The van der Waals surface area contributed by atoms with Crippen LogP contribution in [0.25, 0.3) is 16.5 Å². The van der Waals surface area contributed by atoms with Crippen LogP contribution in [-0.2, 0) is 4.79 Å². The molecule has 3 aromatic rings. The number of nitrogens with one attached hydrogen (secondary N) is 1. The Balaban J connectivity index is 1.23. The third kappa shape index (κ3) is 4.18. The topological polar surface area (TPSA) is 57.7 Å². The number of hydrogen-bond acceptors (Lipinski definition) is 5. The van der Waals surface area contributed by atoms with E-state index in [1.165, 1.54) is 16.6 Å². The second-order valence-electron chi connectivity index (χ2n) is 8.52. The largest absolute Gasteiger partial charge is 0.482 e. The van der Waals surface area contributed by atoms with E-state index < -0.39 is 0 Å². The monoisotopic (exact) mass is 428 g/mol. The number of amides is 1. The number of allylic oxidation sites excluding steroid dienone is 1. The number of benzene rings is 2. The van der Waals surface area contributed by atoms with Crippen molar-refractivity contribution in [1.29, 1.82) is 0 Å². The fourth-order valence-electron chi connectivity index (χ4n) is 4.40. The molecule has 6 heteroatoms. The number of rotatable bonds is 4. The lowest BCUT2D eigenvalue weighted by molar-refractivity contribution is -0.118. The van der Waals surface area contributed by atoms with Gasteiger partial charge in [0.25, 0.3) is 5.91 Å². The third-order valence-electron chi connectivity index (χ3n) is 6.28. The zero-order valence-electron chi connectivity index (χ0n) is 18.6. The smallest absolute Gasteiger partial charge is 0.262 e. The number of hydrogen-bond donors (Lipinski definition) is 1. The SMILES string of the molecule is C/C(=C\CN1CCN(c2cccc3nc(C)ccc23)CC1)c1ccc2c(c1)NC(=O)CO2. The Morgan fingerprint density at radius 1 is 1.12 bits per heavy atom. The summed E-state index contributed by atoms with van der Waals surface area (Å²) in [6.07, 6.45) is 2.27. The van der Waals surface area contributed by atoms with Gasteiger partial charge in [0.2, 0.25) is 0 Å². The molecule has 32 heavy (non-hydrogen) atoms. The molecule has 3 heterocycles. The van der Waals surface area contributed by atoms with Crippen LogP contribution < -0.4 is 15.0 Å². The molecule has 1 fully saturated rings. The van der Waals surface area contributed by atoms with E-state index in [2.05, 4.69) is 69.5 Å².